The second kappa shape index (κ2) is 5.50. The van der Waals surface area contributed by atoms with Gasteiger partial charge in [0, 0.05) is 3.57 Å². The first kappa shape index (κ1) is 12.4. The number of halogens is 1. The summed E-state index contributed by atoms with van der Waals surface area (Å²) < 4.78 is 1.27. The van der Waals surface area contributed by atoms with Crippen LogP contribution in [-0.4, -0.2) is 0 Å². The van der Waals surface area contributed by atoms with Gasteiger partial charge in [-0.25, -0.2) is 0 Å². The average Bonchev–Trinajstić information content (AvgIpc) is 2.28. The van der Waals surface area contributed by atoms with Gasteiger partial charge in [0.15, 0.2) is 0 Å². The summed E-state index contributed by atoms with van der Waals surface area (Å²) in [7, 11) is 0. The molecule has 0 aliphatic carbocycles. The van der Waals surface area contributed by atoms with Crippen LogP contribution in [0, 0.1) is 17.4 Å². The first-order valence-corrected chi connectivity index (χ1v) is 6.74. The largest absolute Gasteiger partial charge is 0.0617 e. The van der Waals surface area contributed by atoms with Gasteiger partial charge in [-0.3, -0.25) is 0 Å². The molecule has 0 heterocycles. The molecule has 0 bridgehead atoms. The Balaban J connectivity index is 2.32. The summed E-state index contributed by atoms with van der Waals surface area (Å²) in [5, 5.41) is 0. The lowest BCUT2D eigenvalue weighted by Gasteiger charge is -2.04. The lowest BCUT2D eigenvalue weighted by molar-refractivity contribution is 1.36. The quantitative estimate of drug-likeness (QED) is 0.531. The molecule has 1 heteroatoms. The van der Waals surface area contributed by atoms with Crippen molar-refractivity contribution >= 4 is 34.7 Å². The van der Waals surface area contributed by atoms with E-state index in [-0.39, 0.29) is 0 Å². The fourth-order valence-electron chi connectivity index (χ4n) is 1.88. The van der Waals surface area contributed by atoms with Crippen molar-refractivity contribution in [3.8, 4) is 0 Å². The zero-order chi connectivity index (χ0) is 12.3. The molecular formula is C16H15I. The lowest BCUT2D eigenvalue weighted by Crippen LogP contribution is -1.84. The second-order valence-corrected chi connectivity index (χ2v) is 5.44. The van der Waals surface area contributed by atoms with Gasteiger partial charge in [0.05, 0.1) is 0 Å². The minimum atomic E-state index is 1.25. The van der Waals surface area contributed by atoms with Crippen LogP contribution in [0.5, 0.6) is 0 Å². The van der Waals surface area contributed by atoms with Crippen LogP contribution in [0.4, 0.5) is 0 Å². The van der Waals surface area contributed by atoms with Crippen LogP contribution < -0.4 is 0 Å². The molecule has 0 N–H and O–H groups in total. The standard InChI is InChI=1S/C16H15I/c1-12-5-3-6-13(2)16(12)10-9-14-7-4-8-15(17)11-14/h3-11H,1-2H3. The highest BCUT2D eigenvalue weighted by molar-refractivity contribution is 14.1. The number of benzene rings is 2. The van der Waals surface area contributed by atoms with E-state index in [1.807, 2.05) is 0 Å². The summed E-state index contributed by atoms with van der Waals surface area (Å²) in [5.41, 5.74) is 5.23. The van der Waals surface area contributed by atoms with Crippen LogP contribution in [-0.2, 0) is 0 Å². The first-order valence-electron chi connectivity index (χ1n) is 5.67. The molecule has 0 aromatic heterocycles. The molecule has 0 aliphatic rings. The van der Waals surface area contributed by atoms with Gasteiger partial charge in [0.1, 0.15) is 0 Å². The van der Waals surface area contributed by atoms with Gasteiger partial charge in [-0.2, -0.15) is 0 Å². The third-order valence-electron chi connectivity index (χ3n) is 2.83. The molecule has 0 atom stereocenters. The van der Waals surface area contributed by atoms with E-state index in [0.717, 1.165) is 0 Å². The van der Waals surface area contributed by atoms with E-state index in [1.54, 1.807) is 0 Å². The Bertz CT molecular complexity index is 533. The Morgan fingerprint density at radius 3 is 2.18 bits per heavy atom. The molecule has 2 rings (SSSR count). The summed E-state index contributed by atoms with van der Waals surface area (Å²) in [6.07, 6.45) is 4.38. The van der Waals surface area contributed by atoms with Crippen molar-refractivity contribution < 1.29 is 0 Å². The smallest absolute Gasteiger partial charge is 0.0136 e. The highest BCUT2D eigenvalue weighted by atomic mass is 127. The third-order valence-corrected chi connectivity index (χ3v) is 3.50. The fraction of sp³-hybridized carbons (Fsp3) is 0.125. The Kier molecular flexibility index (Phi) is 4.00. The van der Waals surface area contributed by atoms with Gasteiger partial charge in [-0.15, -0.1) is 0 Å². The van der Waals surface area contributed by atoms with E-state index in [4.69, 9.17) is 0 Å². The van der Waals surface area contributed by atoms with Crippen molar-refractivity contribution in [3.63, 3.8) is 0 Å². The summed E-state index contributed by atoms with van der Waals surface area (Å²) in [4.78, 5) is 0. The molecule has 0 radical (unpaired) electrons. The molecule has 0 fully saturated rings. The maximum Gasteiger partial charge on any atom is 0.0136 e. The van der Waals surface area contributed by atoms with Gasteiger partial charge in [0.25, 0.3) is 0 Å². The average molecular weight is 334 g/mol. The van der Waals surface area contributed by atoms with Crippen LogP contribution in [0.15, 0.2) is 42.5 Å². The molecular weight excluding hydrogens is 319 g/mol. The van der Waals surface area contributed by atoms with Gasteiger partial charge in [-0.1, -0.05) is 42.5 Å². The van der Waals surface area contributed by atoms with E-state index in [9.17, 15) is 0 Å². The molecule has 0 saturated carbocycles. The zero-order valence-electron chi connectivity index (χ0n) is 10.1. The van der Waals surface area contributed by atoms with Crippen molar-refractivity contribution in [2.75, 3.05) is 0 Å². The van der Waals surface area contributed by atoms with E-state index in [0.29, 0.717) is 0 Å². The highest BCUT2D eigenvalue weighted by Crippen LogP contribution is 2.17. The predicted octanol–water partition coefficient (Wildman–Crippen LogP) is 5.08. The number of aryl methyl sites for hydroxylation is 2. The van der Waals surface area contributed by atoms with Crippen molar-refractivity contribution in [1.29, 1.82) is 0 Å². The summed E-state index contributed by atoms with van der Waals surface area (Å²) in [6, 6.07) is 14.9. The van der Waals surface area contributed by atoms with Gasteiger partial charge >= 0.3 is 0 Å². The van der Waals surface area contributed by atoms with Crippen LogP contribution in [0.2, 0.25) is 0 Å². The summed E-state index contributed by atoms with van der Waals surface area (Å²) in [6.45, 7) is 4.31. The molecule has 0 saturated heterocycles. The lowest BCUT2D eigenvalue weighted by atomic mass is 10.0. The van der Waals surface area contributed by atoms with E-state index in [2.05, 4.69) is 91.1 Å². The van der Waals surface area contributed by atoms with E-state index < -0.39 is 0 Å². The van der Waals surface area contributed by atoms with Crippen molar-refractivity contribution in [1.82, 2.24) is 0 Å². The van der Waals surface area contributed by atoms with E-state index >= 15 is 0 Å². The Labute approximate surface area is 117 Å². The molecule has 2 aromatic rings. The molecule has 0 aliphatic heterocycles. The predicted molar refractivity (Wildman–Crippen MR) is 84.0 cm³/mol. The molecule has 17 heavy (non-hydrogen) atoms. The van der Waals surface area contributed by atoms with Crippen LogP contribution in [0.1, 0.15) is 22.3 Å². The topological polar surface area (TPSA) is 0 Å². The second-order valence-electron chi connectivity index (χ2n) is 4.19. The van der Waals surface area contributed by atoms with Crippen LogP contribution in [0.25, 0.3) is 12.2 Å². The molecule has 0 unspecified atom stereocenters. The van der Waals surface area contributed by atoms with E-state index in [1.165, 1.54) is 25.8 Å². The van der Waals surface area contributed by atoms with Crippen LogP contribution in [0.3, 0.4) is 0 Å². The van der Waals surface area contributed by atoms with Crippen molar-refractivity contribution in [2.45, 2.75) is 13.8 Å². The number of hydrogen-bond donors (Lipinski definition) is 0. The Hall–Kier alpha value is -1.09. The Morgan fingerprint density at radius 2 is 1.53 bits per heavy atom. The fourth-order valence-corrected chi connectivity index (χ4v) is 2.45. The van der Waals surface area contributed by atoms with Crippen molar-refractivity contribution in [3.05, 3.63) is 68.3 Å². The minimum absolute atomic E-state index is 1.25. The summed E-state index contributed by atoms with van der Waals surface area (Å²) >= 11 is 2.34. The number of hydrogen-bond acceptors (Lipinski definition) is 0. The number of rotatable bonds is 2. The third kappa shape index (κ3) is 3.19. The minimum Gasteiger partial charge on any atom is -0.0617 e. The SMILES string of the molecule is Cc1cccc(C)c1C=Cc1cccc(I)c1. The zero-order valence-corrected chi connectivity index (χ0v) is 12.2. The maximum atomic E-state index is 2.34. The highest BCUT2D eigenvalue weighted by Gasteiger charge is 1.97. The first-order chi connectivity index (χ1) is 8.16. The molecule has 0 spiro atoms. The normalized spacial score (nSPS) is 11.0. The molecule has 0 nitrogen and oxygen atoms in total. The molecule has 0 amide bonds. The Morgan fingerprint density at radius 1 is 0.882 bits per heavy atom. The van der Waals surface area contributed by atoms with Gasteiger partial charge in [0.2, 0.25) is 0 Å². The maximum absolute atomic E-state index is 2.34. The molecule has 86 valence electrons. The van der Waals surface area contributed by atoms with Crippen molar-refractivity contribution in [2.24, 2.45) is 0 Å². The van der Waals surface area contributed by atoms with Gasteiger partial charge in [-0.05, 0) is 70.8 Å². The molecule has 2 aromatic carbocycles. The van der Waals surface area contributed by atoms with Gasteiger partial charge < -0.3 is 0 Å². The summed E-state index contributed by atoms with van der Waals surface area (Å²) in [5.74, 6) is 0. The monoisotopic (exact) mass is 334 g/mol. The van der Waals surface area contributed by atoms with Crippen LogP contribution >= 0.6 is 22.6 Å².